The van der Waals surface area contributed by atoms with E-state index in [1.807, 2.05) is 86.6 Å². The molecule has 0 aliphatic heterocycles. The minimum atomic E-state index is -0.711. The second-order valence-corrected chi connectivity index (χ2v) is 12.5. The zero-order valence-corrected chi connectivity index (χ0v) is 26.5. The number of hydrogen-bond acceptors (Lipinski definition) is 4. The van der Waals surface area contributed by atoms with Gasteiger partial charge in [0.1, 0.15) is 5.75 Å². The Kier molecular flexibility index (Phi) is 7.96. The van der Waals surface area contributed by atoms with Gasteiger partial charge in [0.2, 0.25) is 0 Å². The Bertz CT molecular complexity index is 2010. The van der Waals surface area contributed by atoms with E-state index >= 15 is 0 Å². The fraction of sp³-hybridized carbons (Fsp3) is 0.184. The van der Waals surface area contributed by atoms with Crippen LogP contribution >= 0.6 is 0 Å². The van der Waals surface area contributed by atoms with Crippen LogP contribution in [0.25, 0.3) is 11.4 Å². The van der Waals surface area contributed by atoms with E-state index in [2.05, 4.69) is 31.0 Å². The lowest BCUT2D eigenvalue weighted by Crippen LogP contribution is -2.25. The summed E-state index contributed by atoms with van der Waals surface area (Å²) in [6.45, 7) is 10.0. The number of aromatic nitrogens is 4. The molecule has 0 spiro atoms. The molecule has 0 bridgehead atoms. The van der Waals surface area contributed by atoms with E-state index in [9.17, 15) is 14.4 Å². The van der Waals surface area contributed by atoms with Crippen LogP contribution in [0.2, 0.25) is 0 Å². The fourth-order valence-corrected chi connectivity index (χ4v) is 5.80. The molecular weight excluding hydrogens is 576 g/mol. The van der Waals surface area contributed by atoms with Gasteiger partial charge < -0.3 is 4.74 Å². The molecule has 46 heavy (non-hydrogen) atoms. The van der Waals surface area contributed by atoms with Crippen molar-refractivity contribution in [2.45, 2.75) is 46.0 Å². The third-order valence-corrected chi connectivity index (χ3v) is 8.25. The number of carbonyl (C=O) groups is 1. The maximum absolute atomic E-state index is 14.1. The molecule has 0 aliphatic carbocycles. The number of aryl methyl sites for hydroxylation is 2. The third-order valence-electron chi connectivity index (χ3n) is 8.25. The molecule has 6 rings (SSSR count). The van der Waals surface area contributed by atoms with Gasteiger partial charge in [-0.3, -0.25) is 19.8 Å². The average Bonchev–Trinajstić information content (AvgIpc) is 3.52. The highest BCUT2D eigenvalue weighted by molar-refractivity contribution is 5.91. The molecule has 0 saturated carbocycles. The number of rotatable bonds is 7. The lowest BCUT2D eigenvalue weighted by atomic mass is 9.85. The summed E-state index contributed by atoms with van der Waals surface area (Å²) in [6.07, 6.45) is 0. The van der Waals surface area contributed by atoms with Gasteiger partial charge in [-0.25, -0.2) is 14.2 Å². The average molecular weight is 613 g/mol. The van der Waals surface area contributed by atoms with Gasteiger partial charge in [0.15, 0.2) is 0 Å². The van der Waals surface area contributed by atoms with Gasteiger partial charge in [-0.05, 0) is 78.9 Å². The van der Waals surface area contributed by atoms with Crippen LogP contribution in [0.5, 0.6) is 5.75 Å². The van der Waals surface area contributed by atoms with Gasteiger partial charge in [0, 0.05) is 17.3 Å². The molecule has 4 aromatic carbocycles. The number of nitrogens with zero attached hydrogens (tertiary/aromatic N) is 2. The maximum atomic E-state index is 14.1. The minimum Gasteiger partial charge on any atom is -0.423 e. The van der Waals surface area contributed by atoms with Crippen molar-refractivity contribution in [1.82, 2.24) is 19.6 Å². The van der Waals surface area contributed by atoms with Gasteiger partial charge in [0.05, 0.1) is 28.1 Å². The Morgan fingerprint density at radius 1 is 0.652 bits per heavy atom. The van der Waals surface area contributed by atoms with Crippen molar-refractivity contribution in [3.8, 4) is 17.1 Å². The predicted molar refractivity (Wildman–Crippen MR) is 180 cm³/mol. The summed E-state index contributed by atoms with van der Waals surface area (Å²) >= 11 is 0. The van der Waals surface area contributed by atoms with Crippen LogP contribution in [-0.4, -0.2) is 25.5 Å². The number of hydrogen-bond donors (Lipinski definition) is 2. The molecule has 232 valence electrons. The molecule has 0 atom stereocenters. The SMILES string of the molecule is Cc1[nH]n(-c2ccccc2)c(=O)c1C(c1ccc(OC(=O)c2ccc(C(C)(C)C)cc2)cc1)c1c(C)[nH]n(-c2ccccc2)c1=O. The number of H-pyrrole nitrogens is 2. The molecule has 2 N–H and O–H groups in total. The maximum Gasteiger partial charge on any atom is 0.343 e. The number of carbonyl (C=O) groups excluding carboxylic acids is 1. The number of para-hydroxylation sites is 2. The van der Waals surface area contributed by atoms with Crippen LogP contribution in [0.4, 0.5) is 0 Å². The number of benzene rings is 4. The first kappa shape index (κ1) is 30.4. The minimum absolute atomic E-state index is 0.0287. The van der Waals surface area contributed by atoms with Crippen LogP contribution in [0.15, 0.2) is 119 Å². The summed E-state index contributed by atoms with van der Waals surface area (Å²) in [4.78, 5) is 41.1. The largest absolute Gasteiger partial charge is 0.423 e. The summed E-state index contributed by atoms with van der Waals surface area (Å²) < 4.78 is 8.70. The number of nitrogens with one attached hydrogen (secondary N) is 2. The van der Waals surface area contributed by atoms with E-state index < -0.39 is 11.9 Å². The fourth-order valence-electron chi connectivity index (χ4n) is 5.80. The second kappa shape index (κ2) is 12.0. The molecule has 2 aromatic heterocycles. The molecule has 8 nitrogen and oxygen atoms in total. The Balaban J connectivity index is 1.41. The first-order valence-electron chi connectivity index (χ1n) is 15.2. The van der Waals surface area contributed by atoms with Crippen molar-refractivity contribution < 1.29 is 9.53 Å². The van der Waals surface area contributed by atoms with Crippen molar-refractivity contribution in [3.63, 3.8) is 0 Å². The van der Waals surface area contributed by atoms with Crippen molar-refractivity contribution in [2.24, 2.45) is 0 Å². The normalized spacial score (nSPS) is 11.6. The molecule has 0 aliphatic rings. The Morgan fingerprint density at radius 3 is 1.54 bits per heavy atom. The molecule has 0 saturated heterocycles. The molecule has 0 unspecified atom stereocenters. The van der Waals surface area contributed by atoms with Crippen molar-refractivity contribution in [2.75, 3.05) is 0 Å². The third kappa shape index (κ3) is 5.77. The van der Waals surface area contributed by atoms with Crippen molar-refractivity contribution in [1.29, 1.82) is 0 Å². The Hall–Kier alpha value is -5.63. The summed E-state index contributed by atoms with van der Waals surface area (Å²) in [5.41, 5.74) is 5.28. The Labute approximate surface area is 266 Å². The first-order valence-corrected chi connectivity index (χ1v) is 15.2. The van der Waals surface area contributed by atoms with Gasteiger partial charge in [-0.1, -0.05) is 81.4 Å². The lowest BCUT2D eigenvalue weighted by molar-refractivity contribution is 0.0734. The summed E-state index contributed by atoms with van der Waals surface area (Å²) in [5, 5.41) is 6.42. The topological polar surface area (TPSA) is 102 Å². The Morgan fingerprint density at radius 2 is 1.11 bits per heavy atom. The monoisotopic (exact) mass is 612 g/mol. The van der Waals surface area contributed by atoms with Gasteiger partial charge in [-0.2, -0.15) is 0 Å². The van der Waals surface area contributed by atoms with Crippen LogP contribution in [0.1, 0.15) is 70.7 Å². The first-order chi connectivity index (χ1) is 22.0. The summed E-state index contributed by atoms with van der Waals surface area (Å²) in [5.74, 6) is -0.825. The molecule has 8 heteroatoms. The van der Waals surface area contributed by atoms with E-state index in [0.717, 1.165) is 5.56 Å². The smallest absolute Gasteiger partial charge is 0.343 e. The van der Waals surface area contributed by atoms with Crippen LogP contribution < -0.4 is 15.9 Å². The van der Waals surface area contributed by atoms with Crippen LogP contribution in [0.3, 0.4) is 0 Å². The molecule has 2 heterocycles. The van der Waals surface area contributed by atoms with E-state index in [4.69, 9.17) is 4.74 Å². The highest BCUT2D eigenvalue weighted by Gasteiger charge is 2.31. The quantitative estimate of drug-likeness (QED) is 0.150. The molecule has 0 fully saturated rings. The van der Waals surface area contributed by atoms with Gasteiger partial charge in [-0.15, -0.1) is 0 Å². The standard InChI is InChI=1S/C38H36N4O4/c1-24-32(35(43)41(39-24)29-12-8-6-9-13-29)34(33-25(2)40-42(36(33)44)30-14-10-7-11-15-30)26-18-22-31(23-19-26)46-37(45)27-16-20-28(21-17-27)38(3,4)5/h6-23,34,39-40H,1-5H3. The zero-order valence-electron chi connectivity index (χ0n) is 26.5. The second-order valence-electron chi connectivity index (χ2n) is 12.5. The number of esters is 1. The highest BCUT2D eigenvalue weighted by Crippen LogP contribution is 2.33. The van der Waals surface area contributed by atoms with E-state index in [1.54, 1.807) is 36.4 Å². The van der Waals surface area contributed by atoms with Crippen LogP contribution in [-0.2, 0) is 5.41 Å². The van der Waals surface area contributed by atoms with Crippen molar-refractivity contribution in [3.05, 3.63) is 169 Å². The number of ether oxygens (including phenoxy) is 1. The van der Waals surface area contributed by atoms with E-state index in [0.29, 0.717) is 50.8 Å². The molecule has 0 radical (unpaired) electrons. The van der Waals surface area contributed by atoms with Crippen LogP contribution in [0, 0.1) is 13.8 Å². The van der Waals surface area contributed by atoms with Crippen molar-refractivity contribution >= 4 is 5.97 Å². The molecule has 6 aromatic rings. The molecule has 0 amide bonds. The van der Waals surface area contributed by atoms with E-state index in [-0.39, 0.29) is 16.5 Å². The van der Waals surface area contributed by atoms with Gasteiger partial charge in [0.25, 0.3) is 11.1 Å². The lowest BCUT2D eigenvalue weighted by Gasteiger charge is -2.19. The highest BCUT2D eigenvalue weighted by atomic mass is 16.5. The predicted octanol–water partition coefficient (Wildman–Crippen LogP) is 6.96. The molecular formula is C38H36N4O4. The van der Waals surface area contributed by atoms with Gasteiger partial charge >= 0.3 is 5.97 Å². The summed E-state index contributed by atoms with van der Waals surface area (Å²) in [6, 6.07) is 33.0. The zero-order chi connectivity index (χ0) is 32.6. The summed E-state index contributed by atoms with van der Waals surface area (Å²) in [7, 11) is 0. The van der Waals surface area contributed by atoms with E-state index in [1.165, 1.54) is 9.36 Å². The number of aromatic amines is 2.